The molecule has 0 unspecified atom stereocenters. The molecule has 0 aromatic rings. The van der Waals surface area contributed by atoms with E-state index in [0.29, 0.717) is 0 Å². The molecule has 0 bridgehead atoms. The smallest absolute Gasteiger partial charge is 0.00721 e. The number of rotatable bonds is 9. The van der Waals surface area contributed by atoms with Crippen LogP contribution in [0.4, 0.5) is 0 Å². The fourth-order valence-corrected chi connectivity index (χ4v) is 2.25. The summed E-state index contributed by atoms with van der Waals surface area (Å²) in [6.45, 7) is 12.7. The van der Waals surface area contributed by atoms with E-state index in [0.717, 1.165) is 6.54 Å². The molecule has 0 radical (unpaired) electrons. The minimum absolute atomic E-state index is 1.16. The van der Waals surface area contributed by atoms with E-state index in [4.69, 9.17) is 0 Å². The molecule has 0 saturated carbocycles. The third-order valence-corrected chi connectivity index (χ3v) is 3.55. The molecule has 0 saturated heterocycles. The van der Waals surface area contributed by atoms with Gasteiger partial charge in [0.2, 0.25) is 0 Å². The quantitative estimate of drug-likeness (QED) is 0.547. The monoisotopic (exact) mass is 218 g/mol. The van der Waals surface area contributed by atoms with Gasteiger partial charge in [0.05, 0.1) is 0 Å². The molecule has 0 aliphatic carbocycles. The highest BCUT2D eigenvalue weighted by atomic mass is 32.2. The molecule has 0 amide bonds. The van der Waals surface area contributed by atoms with Gasteiger partial charge in [-0.05, 0) is 26.7 Å². The highest BCUT2D eigenvalue weighted by molar-refractivity contribution is 7.99. The Kier molecular flexibility index (Phi) is 10.0. The van der Waals surface area contributed by atoms with E-state index in [9.17, 15) is 0 Å². The predicted octanol–water partition coefficient (Wildman–Crippen LogP) is 2.01. The summed E-state index contributed by atoms with van der Waals surface area (Å²) >= 11 is 2.07. The Bertz CT molecular complexity index is 116. The van der Waals surface area contributed by atoms with Gasteiger partial charge in [-0.3, -0.25) is 0 Å². The lowest BCUT2D eigenvalue weighted by molar-refractivity contribution is 0.323. The fraction of sp³-hybridized carbons (Fsp3) is 1.00. The zero-order valence-electron chi connectivity index (χ0n) is 10.3. The number of hydrogen-bond donors (Lipinski definition) is 0. The number of thioether (sulfide) groups is 1. The van der Waals surface area contributed by atoms with Crippen LogP contribution in [0.25, 0.3) is 0 Å². The average molecular weight is 218 g/mol. The topological polar surface area (TPSA) is 6.48 Å². The lowest BCUT2D eigenvalue weighted by Gasteiger charge is -2.18. The molecule has 0 atom stereocenters. The Morgan fingerprint density at radius 2 is 1.43 bits per heavy atom. The van der Waals surface area contributed by atoms with Crippen molar-refractivity contribution < 1.29 is 0 Å². The summed E-state index contributed by atoms with van der Waals surface area (Å²) in [6, 6.07) is 0. The van der Waals surface area contributed by atoms with Crippen molar-refractivity contribution in [2.24, 2.45) is 0 Å². The zero-order chi connectivity index (χ0) is 10.8. The summed E-state index contributed by atoms with van der Waals surface area (Å²) in [7, 11) is 2.19. The lowest BCUT2D eigenvalue weighted by atomic mass is 10.5. The van der Waals surface area contributed by atoms with Gasteiger partial charge in [-0.2, -0.15) is 11.8 Å². The van der Waals surface area contributed by atoms with Crippen molar-refractivity contribution in [3.8, 4) is 0 Å². The molecule has 0 aromatic heterocycles. The molecule has 0 aromatic carbocycles. The lowest BCUT2D eigenvalue weighted by Crippen LogP contribution is -2.26. The van der Waals surface area contributed by atoms with Gasteiger partial charge in [-0.25, -0.2) is 0 Å². The number of nitrogens with zero attached hydrogens (tertiary/aromatic N) is 2. The third-order valence-electron chi connectivity index (χ3n) is 2.60. The molecular weight excluding hydrogens is 192 g/mol. The SMILES string of the molecule is CCN(C)CCSCCN(CC)CC. The summed E-state index contributed by atoms with van der Waals surface area (Å²) in [5, 5.41) is 0. The molecule has 0 rings (SSSR count). The Balaban J connectivity index is 3.20. The van der Waals surface area contributed by atoms with E-state index in [1.165, 1.54) is 37.7 Å². The Hall–Kier alpha value is 0.270. The molecule has 0 spiro atoms. The maximum Gasteiger partial charge on any atom is 0.00721 e. The van der Waals surface area contributed by atoms with Gasteiger partial charge >= 0.3 is 0 Å². The van der Waals surface area contributed by atoms with Crippen LogP contribution in [-0.4, -0.2) is 61.1 Å². The van der Waals surface area contributed by atoms with Crippen LogP contribution in [0.5, 0.6) is 0 Å². The molecular formula is C11H26N2S. The van der Waals surface area contributed by atoms with Crippen LogP contribution in [0.15, 0.2) is 0 Å². The fourth-order valence-electron chi connectivity index (χ4n) is 1.21. The van der Waals surface area contributed by atoms with Crippen LogP contribution in [0, 0.1) is 0 Å². The van der Waals surface area contributed by atoms with Crippen LogP contribution in [0.1, 0.15) is 20.8 Å². The summed E-state index contributed by atoms with van der Waals surface area (Å²) in [6.07, 6.45) is 0. The second-order valence-electron chi connectivity index (χ2n) is 3.54. The van der Waals surface area contributed by atoms with E-state index in [1.54, 1.807) is 0 Å². The van der Waals surface area contributed by atoms with E-state index in [2.05, 4.69) is 49.4 Å². The molecule has 0 N–H and O–H groups in total. The molecule has 2 nitrogen and oxygen atoms in total. The first kappa shape index (κ1) is 14.3. The largest absolute Gasteiger partial charge is 0.306 e. The van der Waals surface area contributed by atoms with Crippen molar-refractivity contribution in [2.75, 3.05) is 51.3 Å². The van der Waals surface area contributed by atoms with Crippen LogP contribution in [0.3, 0.4) is 0 Å². The first-order valence-electron chi connectivity index (χ1n) is 5.73. The van der Waals surface area contributed by atoms with E-state index >= 15 is 0 Å². The van der Waals surface area contributed by atoms with Crippen molar-refractivity contribution in [2.45, 2.75) is 20.8 Å². The second-order valence-corrected chi connectivity index (χ2v) is 4.76. The van der Waals surface area contributed by atoms with E-state index in [-0.39, 0.29) is 0 Å². The van der Waals surface area contributed by atoms with Gasteiger partial charge in [0.1, 0.15) is 0 Å². The maximum absolute atomic E-state index is 2.48. The van der Waals surface area contributed by atoms with Gasteiger partial charge in [-0.1, -0.05) is 20.8 Å². The van der Waals surface area contributed by atoms with E-state index < -0.39 is 0 Å². The van der Waals surface area contributed by atoms with E-state index in [1.807, 2.05) is 0 Å². The first-order chi connectivity index (χ1) is 6.74. The molecule has 3 heteroatoms. The third kappa shape index (κ3) is 7.65. The van der Waals surface area contributed by atoms with Crippen molar-refractivity contribution in [3.05, 3.63) is 0 Å². The minimum atomic E-state index is 1.16. The standard InChI is InChI=1S/C11H26N2S/c1-5-12(4)8-10-14-11-9-13(6-2)7-3/h5-11H2,1-4H3. The normalized spacial score (nSPS) is 11.6. The van der Waals surface area contributed by atoms with Crippen LogP contribution in [-0.2, 0) is 0 Å². The molecule has 0 aliphatic heterocycles. The van der Waals surface area contributed by atoms with Gasteiger partial charge in [0.15, 0.2) is 0 Å². The summed E-state index contributed by atoms with van der Waals surface area (Å²) in [5.74, 6) is 2.55. The summed E-state index contributed by atoms with van der Waals surface area (Å²) in [4.78, 5) is 4.85. The highest BCUT2D eigenvalue weighted by Crippen LogP contribution is 2.01. The minimum Gasteiger partial charge on any atom is -0.306 e. The Morgan fingerprint density at radius 1 is 0.857 bits per heavy atom. The first-order valence-corrected chi connectivity index (χ1v) is 6.88. The van der Waals surface area contributed by atoms with Crippen molar-refractivity contribution >= 4 is 11.8 Å². The van der Waals surface area contributed by atoms with Crippen LogP contribution in [0.2, 0.25) is 0 Å². The van der Waals surface area contributed by atoms with Crippen LogP contribution < -0.4 is 0 Å². The van der Waals surface area contributed by atoms with Gasteiger partial charge in [-0.15, -0.1) is 0 Å². The van der Waals surface area contributed by atoms with Crippen molar-refractivity contribution in [3.63, 3.8) is 0 Å². The van der Waals surface area contributed by atoms with Crippen LogP contribution >= 0.6 is 11.8 Å². The molecule has 0 fully saturated rings. The highest BCUT2D eigenvalue weighted by Gasteiger charge is 1.99. The molecule has 0 aliphatic rings. The van der Waals surface area contributed by atoms with Crippen molar-refractivity contribution in [1.29, 1.82) is 0 Å². The molecule has 0 heterocycles. The second kappa shape index (κ2) is 9.81. The summed E-state index contributed by atoms with van der Waals surface area (Å²) in [5.41, 5.74) is 0. The predicted molar refractivity (Wildman–Crippen MR) is 68.3 cm³/mol. The molecule has 86 valence electrons. The summed E-state index contributed by atoms with van der Waals surface area (Å²) < 4.78 is 0. The maximum atomic E-state index is 2.48. The van der Waals surface area contributed by atoms with Gasteiger partial charge in [0.25, 0.3) is 0 Å². The van der Waals surface area contributed by atoms with Gasteiger partial charge < -0.3 is 9.80 Å². The average Bonchev–Trinajstić information content (AvgIpc) is 2.23. The number of hydrogen-bond acceptors (Lipinski definition) is 3. The van der Waals surface area contributed by atoms with Crippen molar-refractivity contribution in [1.82, 2.24) is 9.80 Å². The Labute approximate surface area is 94.0 Å². The van der Waals surface area contributed by atoms with Gasteiger partial charge in [0, 0.05) is 24.6 Å². The molecule has 14 heavy (non-hydrogen) atoms. The zero-order valence-corrected chi connectivity index (χ0v) is 11.1. The Morgan fingerprint density at radius 3 is 1.93 bits per heavy atom.